The summed E-state index contributed by atoms with van der Waals surface area (Å²) in [5, 5.41) is 4.89. The van der Waals surface area contributed by atoms with Gasteiger partial charge in [-0.1, -0.05) is 72.8 Å². The summed E-state index contributed by atoms with van der Waals surface area (Å²) in [6.07, 6.45) is -1.04. The molecule has 0 radical (unpaired) electrons. The lowest BCUT2D eigenvalue weighted by atomic mass is 10.1. The van der Waals surface area contributed by atoms with Crippen molar-refractivity contribution in [2.75, 3.05) is 5.32 Å². The van der Waals surface area contributed by atoms with Crippen LogP contribution in [0.4, 0.5) is 14.9 Å². The monoisotopic (exact) mass is 464 g/mol. The molecule has 0 heterocycles. The number of benzene rings is 3. The molecule has 0 aliphatic carbocycles. The van der Waals surface area contributed by atoms with Crippen LogP contribution in [0.1, 0.15) is 24.0 Å². The van der Waals surface area contributed by atoms with Gasteiger partial charge in [0.2, 0.25) is 5.91 Å². The van der Waals surface area contributed by atoms with E-state index in [4.69, 9.17) is 9.47 Å². The van der Waals surface area contributed by atoms with E-state index in [1.807, 2.05) is 48.5 Å². The highest BCUT2D eigenvalue weighted by Gasteiger charge is 2.24. The van der Waals surface area contributed by atoms with Crippen molar-refractivity contribution in [1.29, 1.82) is 0 Å². The summed E-state index contributed by atoms with van der Waals surface area (Å²) in [5.74, 6) is -1.84. The number of para-hydroxylation sites is 1. The van der Waals surface area contributed by atoms with Crippen molar-refractivity contribution in [3.05, 3.63) is 102 Å². The largest absolute Gasteiger partial charge is 0.461 e. The predicted octanol–water partition coefficient (Wildman–Crippen LogP) is 4.58. The van der Waals surface area contributed by atoms with Crippen molar-refractivity contribution in [2.24, 2.45) is 0 Å². The van der Waals surface area contributed by atoms with Gasteiger partial charge in [-0.25, -0.2) is 9.18 Å². The maximum Gasteiger partial charge on any atom is 0.408 e. The van der Waals surface area contributed by atoms with Crippen LogP contribution in [0.15, 0.2) is 84.9 Å². The number of carbonyl (C=O) groups excluding carboxylic acids is 3. The minimum Gasteiger partial charge on any atom is -0.461 e. The summed E-state index contributed by atoms with van der Waals surface area (Å²) in [6.45, 7) is 0.103. The summed E-state index contributed by atoms with van der Waals surface area (Å²) < 4.78 is 24.4. The highest BCUT2D eigenvalue weighted by atomic mass is 19.1. The number of alkyl carbamates (subject to hydrolysis) is 1. The van der Waals surface area contributed by atoms with Crippen LogP contribution in [0.3, 0.4) is 0 Å². The van der Waals surface area contributed by atoms with Crippen LogP contribution >= 0.6 is 0 Å². The van der Waals surface area contributed by atoms with Gasteiger partial charge in [0.25, 0.3) is 0 Å². The van der Waals surface area contributed by atoms with Gasteiger partial charge in [-0.2, -0.15) is 0 Å². The number of carbonyl (C=O) groups is 3. The van der Waals surface area contributed by atoms with Crippen LogP contribution in [0.5, 0.6) is 0 Å². The van der Waals surface area contributed by atoms with Gasteiger partial charge in [-0.3, -0.25) is 9.59 Å². The number of nitrogens with one attached hydrogen (secondary N) is 2. The van der Waals surface area contributed by atoms with Gasteiger partial charge in [-0.15, -0.1) is 0 Å². The zero-order chi connectivity index (χ0) is 24.2. The molecule has 0 unspecified atom stereocenters. The van der Waals surface area contributed by atoms with Crippen molar-refractivity contribution < 1.29 is 28.2 Å². The zero-order valence-electron chi connectivity index (χ0n) is 18.4. The van der Waals surface area contributed by atoms with Gasteiger partial charge in [0.1, 0.15) is 25.1 Å². The number of anilines is 1. The fraction of sp³-hybridized carbons (Fsp3) is 0.192. The molecule has 0 saturated carbocycles. The van der Waals surface area contributed by atoms with Crippen LogP contribution in [0, 0.1) is 5.82 Å². The lowest BCUT2D eigenvalue weighted by Gasteiger charge is -2.18. The molecule has 34 heavy (non-hydrogen) atoms. The van der Waals surface area contributed by atoms with Gasteiger partial charge in [0.15, 0.2) is 0 Å². The van der Waals surface area contributed by atoms with Gasteiger partial charge in [0, 0.05) is 6.42 Å². The van der Waals surface area contributed by atoms with Crippen molar-refractivity contribution >= 4 is 23.7 Å². The Hall–Kier alpha value is -4.20. The van der Waals surface area contributed by atoms with E-state index in [0.717, 1.165) is 11.1 Å². The summed E-state index contributed by atoms with van der Waals surface area (Å²) in [4.78, 5) is 37.3. The summed E-state index contributed by atoms with van der Waals surface area (Å²) in [5.41, 5.74) is 1.56. The van der Waals surface area contributed by atoms with Crippen LogP contribution < -0.4 is 10.6 Å². The third-order valence-electron chi connectivity index (χ3n) is 4.83. The van der Waals surface area contributed by atoms with Crippen molar-refractivity contribution in [2.45, 2.75) is 32.1 Å². The average Bonchev–Trinajstić information content (AvgIpc) is 2.86. The van der Waals surface area contributed by atoms with Gasteiger partial charge in [0.05, 0.1) is 5.69 Å². The first-order valence-electron chi connectivity index (χ1n) is 10.7. The number of rotatable bonds is 10. The molecule has 0 bridgehead atoms. The average molecular weight is 464 g/mol. The van der Waals surface area contributed by atoms with Crippen LogP contribution in [-0.2, 0) is 32.3 Å². The third kappa shape index (κ3) is 8.05. The molecule has 3 aromatic carbocycles. The second kappa shape index (κ2) is 12.7. The lowest BCUT2D eigenvalue weighted by molar-refractivity contribution is -0.145. The van der Waals surface area contributed by atoms with E-state index in [2.05, 4.69) is 10.6 Å². The standard InChI is InChI=1S/C26H25FN2O5/c27-21-13-7-8-14-22(21)28-25(31)23(29-26(32)34-18-20-11-5-2-6-12-20)15-16-24(30)33-17-19-9-3-1-4-10-19/h1-14,23H,15-18H2,(H,28,31)(H,29,32)/t23-/m0/s1. The Morgan fingerprint density at radius 3 is 1.94 bits per heavy atom. The maximum absolute atomic E-state index is 14.0. The second-order valence-corrected chi connectivity index (χ2v) is 7.41. The van der Waals surface area contributed by atoms with E-state index < -0.39 is 29.8 Å². The fourth-order valence-electron chi connectivity index (χ4n) is 3.03. The first kappa shape index (κ1) is 24.4. The fourth-order valence-corrected chi connectivity index (χ4v) is 3.03. The third-order valence-corrected chi connectivity index (χ3v) is 4.83. The Bertz CT molecular complexity index is 1090. The SMILES string of the molecule is O=C(CC[C@H](NC(=O)OCc1ccccc1)C(=O)Nc1ccccc1F)OCc1ccccc1. The molecule has 0 fully saturated rings. The van der Waals surface area contributed by atoms with E-state index in [1.54, 1.807) is 18.2 Å². The Labute approximate surface area is 196 Å². The molecule has 8 heteroatoms. The molecule has 0 aliphatic heterocycles. The first-order chi connectivity index (χ1) is 16.5. The van der Waals surface area contributed by atoms with E-state index in [-0.39, 0.29) is 31.7 Å². The Balaban J connectivity index is 1.58. The maximum atomic E-state index is 14.0. The van der Waals surface area contributed by atoms with E-state index in [0.29, 0.717) is 0 Å². The van der Waals surface area contributed by atoms with E-state index in [1.165, 1.54) is 18.2 Å². The normalized spacial score (nSPS) is 11.2. The van der Waals surface area contributed by atoms with E-state index >= 15 is 0 Å². The summed E-state index contributed by atoms with van der Waals surface area (Å²) in [7, 11) is 0. The number of hydrogen-bond acceptors (Lipinski definition) is 5. The summed E-state index contributed by atoms with van der Waals surface area (Å²) >= 11 is 0. The molecule has 0 spiro atoms. The predicted molar refractivity (Wildman–Crippen MR) is 124 cm³/mol. The molecule has 0 aromatic heterocycles. The molecule has 7 nitrogen and oxygen atoms in total. The molecule has 0 saturated heterocycles. The molecule has 3 aromatic rings. The summed E-state index contributed by atoms with van der Waals surface area (Å²) in [6, 6.07) is 22.7. The Morgan fingerprint density at radius 2 is 1.32 bits per heavy atom. The topological polar surface area (TPSA) is 93.7 Å². The Morgan fingerprint density at radius 1 is 0.765 bits per heavy atom. The van der Waals surface area contributed by atoms with Crippen LogP contribution in [0.2, 0.25) is 0 Å². The van der Waals surface area contributed by atoms with Crippen molar-refractivity contribution in [3.8, 4) is 0 Å². The molecular formula is C26H25FN2O5. The van der Waals surface area contributed by atoms with Crippen molar-refractivity contribution in [3.63, 3.8) is 0 Å². The molecule has 1 atom stereocenters. The minimum atomic E-state index is -1.15. The highest BCUT2D eigenvalue weighted by molar-refractivity contribution is 5.96. The quantitative estimate of drug-likeness (QED) is 0.428. The minimum absolute atomic E-state index is 0.00738. The highest BCUT2D eigenvalue weighted by Crippen LogP contribution is 2.14. The lowest BCUT2D eigenvalue weighted by Crippen LogP contribution is -2.44. The number of esters is 1. The zero-order valence-corrected chi connectivity index (χ0v) is 18.4. The number of ether oxygens (including phenoxy) is 2. The second-order valence-electron chi connectivity index (χ2n) is 7.41. The molecular weight excluding hydrogens is 439 g/mol. The molecule has 3 rings (SSSR count). The van der Waals surface area contributed by atoms with E-state index in [9.17, 15) is 18.8 Å². The van der Waals surface area contributed by atoms with Gasteiger partial charge in [-0.05, 0) is 29.7 Å². The van der Waals surface area contributed by atoms with Crippen LogP contribution in [0.25, 0.3) is 0 Å². The number of halogens is 1. The Kier molecular flexibility index (Phi) is 9.16. The van der Waals surface area contributed by atoms with Gasteiger partial charge < -0.3 is 20.1 Å². The van der Waals surface area contributed by atoms with Crippen molar-refractivity contribution in [1.82, 2.24) is 5.32 Å². The van der Waals surface area contributed by atoms with Crippen LogP contribution in [-0.4, -0.2) is 24.0 Å². The smallest absolute Gasteiger partial charge is 0.408 e. The van der Waals surface area contributed by atoms with Gasteiger partial charge >= 0.3 is 12.1 Å². The number of hydrogen-bond donors (Lipinski definition) is 2. The first-order valence-corrected chi connectivity index (χ1v) is 10.7. The number of amides is 2. The molecule has 2 N–H and O–H groups in total. The molecule has 2 amide bonds. The molecule has 0 aliphatic rings. The molecule has 176 valence electrons.